The van der Waals surface area contributed by atoms with Gasteiger partial charge in [0.1, 0.15) is 0 Å². The summed E-state index contributed by atoms with van der Waals surface area (Å²) in [5.41, 5.74) is 0.961. The molecule has 0 spiro atoms. The minimum Gasteiger partial charge on any atom is -0.462 e. The molecule has 3 aromatic rings. The first-order valence-corrected chi connectivity index (χ1v) is 8.44. The lowest BCUT2D eigenvalue weighted by Crippen LogP contribution is -2.15. The van der Waals surface area contributed by atoms with Crippen LogP contribution >= 0.6 is 23.1 Å². The molecular formula is C13H15N5O2S2. The highest BCUT2D eigenvalue weighted by atomic mass is 32.2. The van der Waals surface area contributed by atoms with E-state index < -0.39 is 0 Å². The number of nitrogens with two attached hydrogens (primary N) is 1. The molecular weight excluding hydrogens is 322 g/mol. The summed E-state index contributed by atoms with van der Waals surface area (Å²) in [6.45, 7) is 0.568. The van der Waals surface area contributed by atoms with Crippen LogP contribution in [-0.4, -0.2) is 33.6 Å². The van der Waals surface area contributed by atoms with E-state index in [9.17, 15) is 0 Å². The Bertz CT molecular complexity index is 723. The van der Waals surface area contributed by atoms with Crippen molar-refractivity contribution in [3.8, 4) is 10.8 Å². The van der Waals surface area contributed by atoms with Crippen molar-refractivity contribution in [2.75, 3.05) is 19.6 Å². The Morgan fingerprint density at radius 1 is 1.45 bits per heavy atom. The minimum atomic E-state index is 0.568. The van der Waals surface area contributed by atoms with Crippen molar-refractivity contribution in [1.82, 2.24) is 19.9 Å². The summed E-state index contributed by atoms with van der Waals surface area (Å²) in [4.78, 5) is 4.54. The number of furan rings is 1. The quantitative estimate of drug-likeness (QED) is 0.522. The fourth-order valence-electron chi connectivity index (χ4n) is 1.79. The lowest BCUT2D eigenvalue weighted by Gasteiger charge is -2.02. The third kappa shape index (κ3) is 3.32. The molecule has 7 nitrogen and oxygen atoms in total. The second-order valence-electron chi connectivity index (χ2n) is 4.42. The Morgan fingerprint density at radius 2 is 2.36 bits per heavy atom. The first-order valence-electron chi connectivity index (χ1n) is 6.57. The van der Waals surface area contributed by atoms with E-state index in [1.54, 1.807) is 24.7 Å². The van der Waals surface area contributed by atoms with Gasteiger partial charge < -0.3 is 15.0 Å². The minimum absolute atomic E-state index is 0.568. The maximum Gasteiger partial charge on any atom is 0.210 e. The summed E-state index contributed by atoms with van der Waals surface area (Å²) in [7, 11) is 1.64. The van der Waals surface area contributed by atoms with Gasteiger partial charge in [0, 0.05) is 24.7 Å². The normalized spacial score (nSPS) is 11.1. The van der Waals surface area contributed by atoms with E-state index in [0.717, 1.165) is 16.5 Å². The molecule has 0 amide bonds. The van der Waals surface area contributed by atoms with E-state index in [1.165, 1.54) is 16.4 Å². The van der Waals surface area contributed by atoms with Crippen LogP contribution in [-0.2, 0) is 16.9 Å². The molecule has 3 rings (SSSR count). The third-order valence-electron chi connectivity index (χ3n) is 2.90. The molecule has 0 bridgehead atoms. The van der Waals surface area contributed by atoms with Gasteiger partial charge in [-0.1, -0.05) is 11.8 Å². The number of hydrogen-bond donors (Lipinski definition) is 1. The zero-order chi connectivity index (χ0) is 15.4. The van der Waals surface area contributed by atoms with Crippen LogP contribution in [0.2, 0.25) is 0 Å². The molecule has 0 saturated heterocycles. The van der Waals surface area contributed by atoms with Crippen molar-refractivity contribution in [3.63, 3.8) is 0 Å². The van der Waals surface area contributed by atoms with Crippen LogP contribution < -0.4 is 5.84 Å². The number of nitrogen functional groups attached to an aromatic ring is 1. The van der Waals surface area contributed by atoms with Crippen molar-refractivity contribution >= 4 is 23.1 Å². The van der Waals surface area contributed by atoms with Gasteiger partial charge >= 0.3 is 0 Å². The highest BCUT2D eigenvalue weighted by molar-refractivity contribution is 7.98. The molecule has 0 unspecified atom stereocenters. The summed E-state index contributed by atoms with van der Waals surface area (Å²) in [6, 6.07) is 3.75. The Kier molecular flexibility index (Phi) is 4.76. The van der Waals surface area contributed by atoms with E-state index in [0.29, 0.717) is 29.8 Å². The summed E-state index contributed by atoms with van der Waals surface area (Å²) >= 11 is 3.06. The van der Waals surface area contributed by atoms with Gasteiger partial charge in [-0.2, -0.15) is 0 Å². The Morgan fingerprint density at radius 3 is 3.14 bits per heavy atom. The van der Waals surface area contributed by atoms with Crippen molar-refractivity contribution in [3.05, 3.63) is 35.3 Å². The molecule has 0 saturated carbocycles. The molecule has 0 aromatic carbocycles. The Labute approximate surface area is 135 Å². The predicted octanol–water partition coefficient (Wildman–Crippen LogP) is 2.19. The maximum absolute atomic E-state index is 5.97. The first-order chi connectivity index (χ1) is 10.8. The molecule has 0 atom stereocenters. The van der Waals surface area contributed by atoms with Crippen LogP contribution in [0.1, 0.15) is 11.5 Å². The van der Waals surface area contributed by atoms with Gasteiger partial charge in [-0.05, 0) is 12.1 Å². The molecule has 0 aliphatic carbocycles. The molecule has 3 aromatic heterocycles. The molecule has 0 fully saturated rings. The summed E-state index contributed by atoms with van der Waals surface area (Å²) in [5.74, 6) is 8.14. The lowest BCUT2D eigenvalue weighted by molar-refractivity contribution is 0.200. The standard InChI is InChI=1S/C13H15N5O2S2/c1-19-6-4-11-16-17-13(18(11)14)22-8-9-7-21-12(15-9)10-3-2-5-20-10/h2-3,5,7H,4,6,8,14H2,1H3. The first kappa shape index (κ1) is 15.1. The van der Waals surface area contributed by atoms with Gasteiger partial charge in [0.2, 0.25) is 5.16 Å². The fraction of sp³-hybridized carbons (Fsp3) is 0.308. The average molecular weight is 337 g/mol. The number of aromatic nitrogens is 4. The summed E-state index contributed by atoms with van der Waals surface area (Å²) in [5, 5.41) is 11.7. The second kappa shape index (κ2) is 6.95. The fourth-order valence-corrected chi connectivity index (χ4v) is 3.45. The number of thioether (sulfide) groups is 1. The van der Waals surface area contributed by atoms with E-state index in [2.05, 4.69) is 15.2 Å². The molecule has 22 heavy (non-hydrogen) atoms. The van der Waals surface area contributed by atoms with Crippen LogP contribution in [0.4, 0.5) is 0 Å². The Balaban J connectivity index is 1.62. The summed E-state index contributed by atoms with van der Waals surface area (Å²) < 4.78 is 11.9. The highest BCUT2D eigenvalue weighted by Gasteiger charge is 2.12. The highest BCUT2D eigenvalue weighted by Crippen LogP contribution is 2.27. The number of nitrogens with zero attached hydrogens (tertiary/aromatic N) is 4. The third-order valence-corrected chi connectivity index (χ3v) is 4.78. The molecule has 9 heteroatoms. The molecule has 0 radical (unpaired) electrons. The van der Waals surface area contributed by atoms with Gasteiger partial charge in [0.15, 0.2) is 16.6 Å². The number of thiazole rings is 1. The number of rotatable bonds is 7. The van der Waals surface area contributed by atoms with Crippen molar-refractivity contribution in [1.29, 1.82) is 0 Å². The number of methoxy groups -OCH3 is 1. The molecule has 0 aliphatic heterocycles. The van der Waals surface area contributed by atoms with Gasteiger partial charge in [0.25, 0.3) is 0 Å². The summed E-state index contributed by atoms with van der Waals surface area (Å²) in [6.07, 6.45) is 2.28. The monoisotopic (exact) mass is 337 g/mol. The van der Waals surface area contributed by atoms with E-state index in [-0.39, 0.29) is 0 Å². The van der Waals surface area contributed by atoms with Crippen molar-refractivity contribution in [2.24, 2.45) is 0 Å². The van der Waals surface area contributed by atoms with Gasteiger partial charge in [-0.15, -0.1) is 21.5 Å². The molecule has 3 heterocycles. The predicted molar refractivity (Wildman–Crippen MR) is 85.1 cm³/mol. The largest absolute Gasteiger partial charge is 0.462 e. The number of ether oxygens (including phenoxy) is 1. The lowest BCUT2D eigenvalue weighted by atomic mass is 10.4. The molecule has 0 aliphatic rings. The topological polar surface area (TPSA) is 92.0 Å². The van der Waals surface area contributed by atoms with Crippen LogP contribution in [0.3, 0.4) is 0 Å². The van der Waals surface area contributed by atoms with Crippen molar-refractivity contribution in [2.45, 2.75) is 17.3 Å². The van der Waals surface area contributed by atoms with Crippen LogP contribution in [0.15, 0.2) is 33.3 Å². The van der Waals surface area contributed by atoms with Crippen LogP contribution in [0.5, 0.6) is 0 Å². The Hall–Kier alpha value is -1.84. The van der Waals surface area contributed by atoms with Crippen LogP contribution in [0, 0.1) is 0 Å². The zero-order valence-electron chi connectivity index (χ0n) is 11.9. The maximum atomic E-state index is 5.97. The van der Waals surface area contributed by atoms with Crippen molar-refractivity contribution < 1.29 is 9.15 Å². The van der Waals surface area contributed by atoms with Gasteiger partial charge in [-0.3, -0.25) is 0 Å². The SMILES string of the molecule is COCCc1nnc(SCc2csc(-c3ccco3)n2)n1N. The zero-order valence-corrected chi connectivity index (χ0v) is 13.6. The van der Waals surface area contributed by atoms with Crippen LogP contribution in [0.25, 0.3) is 10.8 Å². The van der Waals surface area contributed by atoms with Gasteiger partial charge in [-0.25, -0.2) is 9.66 Å². The second-order valence-corrected chi connectivity index (χ2v) is 6.22. The van der Waals surface area contributed by atoms with Gasteiger partial charge in [0.05, 0.1) is 18.6 Å². The number of hydrogen-bond acceptors (Lipinski definition) is 8. The van der Waals surface area contributed by atoms with E-state index >= 15 is 0 Å². The molecule has 2 N–H and O–H groups in total. The molecule has 116 valence electrons. The van der Waals surface area contributed by atoms with E-state index in [4.69, 9.17) is 15.0 Å². The average Bonchev–Trinajstić information content (AvgIpc) is 3.25. The van der Waals surface area contributed by atoms with E-state index in [1.807, 2.05) is 17.5 Å². The smallest absolute Gasteiger partial charge is 0.210 e.